The van der Waals surface area contributed by atoms with Crippen molar-refractivity contribution in [1.29, 1.82) is 0 Å². The molecule has 0 spiro atoms. The molecule has 0 bridgehead atoms. The van der Waals surface area contributed by atoms with Crippen molar-refractivity contribution < 1.29 is 4.74 Å². The zero-order valence-electron chi connectivity index (χ0n) is 18.4. The van der Waals surface area contributed by atoms with Crippen LogP contribution in [0.3, 0.4) is 0 Å². The molecule has 2 aliphatic carbocycles. The molecule has 0 radical (unpaired) electrons. The second kappa shape index (κ2) is 8.88. The van der Waals surface area contributed by atoms with E-state index in [-0.39, 0.29) is 11.8 Å². The monoisotopic (exact) mass is 383 g/mol. The van der Waals surface area contributed by atoms with Crippen molar-refractivity contribution in [3.05, 3.63) is 35.4 Å². The molecule has 1 aromatic rings. The summed E-state index contributed by atoms with van der Waals surface area (Å²) in [6, 6.07) is 9.36. The van der Waals surface area contributed by atoms with Crippen molar-refractivity contribution in [3.63, 3.8) is 0 Å². The molecule has 0 aromatic heterocycles. The van der Waals surface area contributed by atoms with E-state index in [1.807, 2.05) is 0 Å². The van der Waals surface area contributed by atoms with Gasteiger partial charge in [0.15, 0.2) is 0 Å². The number of unbranched alkanes of at least 4 members (excludes halogenated alkanes) is 2. The number of fused-ring (bicyclic) bond motifs is 1. The summed E-state index contributed by atoms with van der Waals surface area (Å²) in [5.74, 6) is 3.82. The highest BCUT2D eigenvalue weighted by molar-refractivity contribution is 5.28. The van der Waals surface area contributed by atoms with Crippen molar-refractivity contribution in [3.8, 4) is 0 Å². The van der Waals surface area contributed by atoms with Gasteiger partial charge >= 0.3 is 0 Å². The van der Waals surface area contributed by atoms with E-state index in [0.29, 0.717) is 0 Å². The van der Waals surface area contributed by atoms with Gasteiger partial charge in [0.2, 0.25) is 0 Å². The fourth-order valence-corrected chi connectivity index (χ4v) is 6.09. The van der Waals surface area contributed by atoms with Gasteiger partial charge in [-0.3, -0.25) is 5.32 Å². The number of rotatable bonds is 6. The summed E-state index contributed by atoms with van der Waals surface area (Å²) >= 11 is 0. The van der Waals surface area contributed by atoms with E-state index in [9.17, 15) is 0 Å². The Labute approximate surface area is 172 Å². The van der Waals surface area contributed by atoms with E-state index < -0.39 is 0 Å². The molecule has 1 aromatic carbocycles. The average Bonchev–Trinajstić information content (AvgIpc) is 3.08. The van der Waals surface area contributed by atoms with Crippen molar-refractivity contribution >= 4 is 0 Å². The summed E-state index contributed by atoms with van der Waals surface area (Å²) in [4.78, 5) is 0. The molecule has 2 nitrogen and oxygen atoms in total. The number of hydrogen-bond acceptors (Lipinski definition) is 2. The van der Waals surface area contributed by atoms with Gasteiger partial charge in [-0.25, -0.2) is 0 Å². The first-order valence-corrected chi connectivity index (χ1v) is 12.0. The van der Waals surface area contributed by atoms with Crippen LogP contribution in [-0.4, -0.2) is 12.1 Å². The van der Waals surface area contributed by atoms with Gasteiger partial charge in [-0.05, 0) is 80.8 Å². The van der Waals surface area contributed by atoms with Gasteiger partial charge in [0.05, 0.1) is 6.61 Å². The van der Waals surface area contributed by atoms with Crippen molar-refractivity contribution in [2.75, 3.05) is 6.61 Å². The predicted molar refractivity (Wildman–Crippen MR) is 117 cm³/mol. The lowest BCUT2D eigenvalue weighted by atomic mass is 9.63. The van der Waals surface area contributed by atoms with Crippen LogP contribution in [0.2, 0.25) is 0 Å². The third-order valence-corrected chi connectivity index (χ3v) is 7.78. The van der Waals surface area contributed by atoms with E-state index in [4.69, 9.17) is 4.74 Å². The van der Waals surface area contributed by atoms with Crippen LogP contribution in [0.4, 0.5) is 0 Å². The lowest BCUT2D eigenvalue weighted by Gasteiger charge is -2.42. The average molecular weight is 384 g/mol. The van der Waals surface area contributed by atoms with Crippen LogP contribution in [0.5, 0.6) is 0 Å². The van der Waals surface area contributed by atoms with E-state index >= 15 is 0 Å². The van der Waals surface area contributed by atoms with Crippen LogP contribution < -0.4 is 5.32 Å². The van der Waals surface area contributed by atoms with E-state index in [1.165, 1.54) is 69.8 Å². The Kier molecular flexibility index (Phi) is 6.47. The molecule has 156 valence electrons. The first kappa shape index (κ1) is 20.4. The fraction of sp³-hybridized carbons (Fsp3) is 0.769. The lowest BCUT2D eigenvalue weighted by molar-refractivity contribution is 0.0988. The van der Waals surface area contributed by atoms with E-state index in [1.54, 1.807) is 5.56 Å². The van der Waals surface area contributed by atoms with Crippen LogP contribution in [0.1, 0.15) is 108 Å². The minimum Gasteiger partial charge on any atom is -0.357 e. The van der Waals surface area contributed by atoms with Crippen molar-refractivity contribution in [2.45, 2.75) is 103 Å². The molecule has 2 heteroatoms. The third kappa shape index (κ3) is 4.82. The number of ether oxygens (including phenoxy) is 1. The largest absolute Gasteiger partial charge is 0.357 e. The topological polar surface area (TPSA) is 21.3 Å². The van der Waals surface area contributed by atoms with Gasteiger partial charge in [0, 0.05) is 5.54 Å². The molecule has 2 saturated carbocycles. The Morgan fingerprint density at radius 2 is 1.64 bits per heavy atom. The first-order valence-electron chi connectivity index (χ1n) is 12.0. The van der Waals surface area contributed by atoms with Crippen molar-refractivity contribution in [2.24, 2.45) is 17.8 Å². The lowest BCUT2D eigenvalue weighted by Crippen LogP contribution is -2.35. The smallest absolute Gasteiger partial charge is 0.134 e. The van der Waals surface area contributed by atoms with Gasteiger partial charge in [-0.15, -0.1) is 0 Å². The van der Waals surface area contributed by atoms with Gasteiger partial charge in [0.25, 0.3) is 0 Å². The van der Waals surface area contributed by atoms with Gasteiger partial charge in [-0.2, -0.15) is 0 Å². The molecule has 5 atom stereocenters. The van der Waals surface area contributed by atoms with Gasteiger partial charge in [0.1, 0.15) is 6.23 Å². The van der Waals surface area contributed by atoms with Gasteiger partial charge < -0.3 is 4.74 Å². The summed E-state index contributed by atoms with van der Waals surface area (Å²) in [5, 5.41) is 3.58. The normalized spacial score (nSPS) is 34.9. The number of benzene rings is 1. The summed E-state index contributed by atoms with van der Waals surface area (Å²) < 4.78 is 5.94. The summed E-state index contributed by atoms with van der Waals surface area (Å²) in [6.07, 6.45) is 14.6. The Morgan fingerprint density at radius 1 is 0.929 bits per heavy atom. The summed E-state index contributed by atoms with van der Waals surface area (Å²) in [7, 11) is 0. The molecule has 1 heterocycles. The Hall–Kier alpha value is -0.860. The molecule has 3 aliphatic rings. The molecular weight excluding hydrogens is 342 g/mol. The quantitative estimate of drug-likeness (QED) is 0.536. The minimum absolute atomic E-state index is 0.0581. The maximum Gasteiger partial charge on any atom is 0.134 e. The van der Waals surface area contributed by atoms with Gasteiger partial charge in [-0.1, -0.05) is 63.3 Å². The maximum atomic E-state index is 5.94. The Bertz CT molecular complexity index is 622. The summed E-state index contributed by atoms with van der Waals surface area (Å²) in [6.45, 7) is 7.52. The predicted octanol–water partition coefficient (Wildman–Crippen LogP) is 6.96. The molecule has 1 aliphatic heterocycles. The van der Waals surface area contributed by atoms with Crippen LogP contribution in [0, 0.1) is 17.8 Å². The molecule has 1 N–H and O–H groups in total. The van der Waals surface area contributed by atoms with Crippen LogP contribution in [0.25, 0.3) is 0 Å². The molecule has 1 saturated heterocycles. The molecule has 4 rings (SSSR count). The second-order valence-corrected chi connectivity index (χ2v) is 10.6. The van der Waals surface area contributed by atoms with Crippen LogP contribution in [0.15, 0.2) is 24.3 Å². The molecule has 0 amide bonds. The van der Waals surface area contributed by atoms with E-state index in [0.717, 1.165) is 30.3 Å². The standard InChI is InChI=1S/C26H41NO/c1-4-5-6-7-19-8-9-24-17-23(15-14-22(24)16-19)20-10-12-21(13-11-20)25-27-26(2,3)18-28-25/h10-13,19,22-25,27H,4-9,14-18H2,1-3H3/t19?,22-,23-,24-,25?/m1/s1. The molecule has 2 unspecified atom stereocenters. The number of nitrogens with one attached hydrogen (secondary N) is 1. The van der Waals surface area contributed by atoms with Crippen LogP contribution in [-0.2, 0) is 4.74 Å². The highest BCUT2D eigenvalue weighted by Crippen LogP contribution is 2.48. The van der Waals surface area contributed by atoms with Crippen molar-refractivity contribution in [1.82, 2.24) is 5.32 Å². The third-order valence-electron chi connectivity index (χ3n) is 7.78. The minimum atomic E-state index is 0.0581. The maximum absolute atomic E-state index is 5.94. The SMILES string of the molecule is CCCCCC1CC[C@@H]2C[C@H](c3ccc(C4NC(C)(C)CO4)cc3)CC[C@@H]2C1. The summed E-state index contributed by atoms with van der Waals surface area (Å²) in [5.41, 5.74) is 2.91. The first-order chi connectivity index (χ1) is 13.5. The zero-order valence-corrected chi connectivity index (χ0v) is 18.4. The molecular formula is C26H41NO. The fourth-order valence-electron chi connectivity index (χ4n) is 6.09. The molecule has 28 heavy (non-hydrogen) atoms. The molecule has 3 fully saturated rings. The second-order valence-electron chi connectivity index (χ2n) is 10.6. The highest BCUT2D eigenvalue weighted by atomic mass is 16.5. The Balaban J connectivity index is 1.30. The Morgan fingerprint density at radius 3 is 2.36 bits per heavy atom. The highest BCUT2D eigenvalue weighted by Gasteiger charge is 2.36. The van der Waals surface area contributed by atoms with Crippen LogP contribution >= 0.6 is 0 Å². The number of hydrogen-bond donors (Lipinski definition) is 1. The zero-order chi connectivity index (χ0) is 19.6. The van der Waals surface area contributed by atoms with E-state index in [2.05, 4.69) is 50.4 Å².